The third-order valence-electron chi connectivity index (χ3n) is 8.84. The summed E-state index contributed by atoms with van der Waals surface area (Å²) in [5.74, 6) is 6.30. The molecule has 6 aromatic rings. The van der Waals surface area contributed by atoms with Gasteiger partial charge in [0.1, 0.15) is 5.56 Å². The Balaban J connectivity index is 1.26. The Morgan fingerprint density at radius 1 is 1.04 bits per heavy atom. The van der Waals surface area contributed by atoms with E-state index in [-0.39, 0.29) is 11.5 Å². The first-order valence-electron chi connectivity index (χ1n) is 16.1. The van der Waals surface area contributed by atoms with Gasteiger partial charge in [0.2, 0.25) is 0 Å². The Morgan fingerprint density at radius 3 is 2.65 bits per heavy atom. The second-order valence-electron chi connectivity index (χ2n) is 11.9. The summed E-state index contributed by atoms with van der Waals surface area (Å²) in [4.78, 5) is 34.9. The zero-order valence-electron chi connectivity index (χ0n) is 27.2. The van der Waals surface area contributed by atoms with Crippen LogP contribution in [0.5, 0.6) is 0 Å². The fourth-order valence-electron chi connectivity index (χ4n) is 6.34. The molecule has 11 nitrogen and oxygen atoms in total. The highest BCUT2D eigenvalue weighted by molar-refractivity contribution is 6.01. The van der Waals surface area contributed by atoms with Gasteiger partial charge in [-0.2, -0.15) is 10.2 Å². The number of aryl methyl sites for hydroxylation is 2. The maximum Gasteiger partial charge on any atom is 0.264 e. The number of hydrogen-bond acceptors (Lipinski definition) is 7. The number of carbonyl (C=O) groups excluding carboxylic acids is 1. The first-order chi connectivity index (χ1) is 23.4. The van der Waals surface area contributed by atoms with Gasteiger partial charge in [0.05, 0.1) is 47.8 Å². The van der Waals surface area contributed by atoms with Gasteiger partial charge < -0.3 is 10.1 Å². The van der Waals surface area contributed by atoms with E-state index in [0.29, 0.717) is 39.2 Å². The Hall–Kier alpha value is -5.57. The highest BCUT2D eigenvalue weighted by Crippen LogP contribution is 2.24. The number of fused-ring (bicyclic) bond motifs is 2. The number of hydrogen-bond donors (Lipinski definition) is 1. The molecule has 11 heteroatoms. The third kappa shape index (κ3) is 5.99. The van der Waals surface area contributed by atoms with Crippen LogP contribution in [0.3, 0.4) is 0 Å². The molecule has 1 atom stereocenters. The molecule has 7 rings (SSSR count). The summed E-state index contributed by atoms with van der Waals surface area (Å²) in [5.41, 5.74) is 5.07. The van der Waals surface area contributed by atoms with Crippen LogP contribution in [0.1, 0.15) is 51.5 Å². The van der Waals surface area contributed by atoms with Gasteiger partial charge >= 0.3 is 0 Å². The lowest BCUT2D eigenvalue weighted by atomic mass is 10.0. The molecule has 0 bridgehead atoms. The average molecular weight is 641 g/mol. The van der Waals surface area contributed by atoms with Crippen LogP contribution < -0.4 is 10.9 Å². The van der Waals surface area contributed by atoms with E-state index in [2.05, 4.69) is 37.2 Å². The fourth-order valence-corrected chi connectivity index (χ4v) is 6.34. The molecule has 1 unspecified atom stereocenters. The lowest BCUT2D eigenvalue weighted by Crippen LogP contribution is -2.37. The SMILES string of the molecule is Cc1nn2cccnc2c1C(=O)NC(C)c1cc2cccc(C#Cc3cnn(C)c3CCN3CCOCC3)c2c(=O)n1-c1ccccc1. The fraction of sp³-hybridized carbons (Fsp3) is 0.270. The normalized spacial score (nSPS) is 14.1. The molecule has 1 aliphatic rings. The van der Waals surface area contributed by atoms with Crippen LogP contribution in [-0.4, -0.2) is 72.6 Å². The summed E-state index contributed by atoms with van der Waals surface area (Å²) >= 11 is 0. The highest BCUT2D eigenvalue weighted by Gasteiger charge is 2.23. The summed E-state index contributed by atoms with van der Waals surface area (Å²) in [5, 5.41) is 13.3. The number of ether oxygens (including phenoxy) is 1. The van der Waals surface area contributed by atoms with Crippen molar-refractivity contribution in [1.82, 2.24) is 39.2 Å². The van der Waals surface area contributed by atoms with Crippen molar-refractivity contribution in [3.63, 3.8) is 0 Å². The van der Waals surface area contributed by atoms with Crippen molar-refractivity contribution < 1.29 is 9.53 Å². The number of para-hydroxylation sites is 1. The topological polar surface area (TPSA) is 112 Å². The van der Waals surface area contributed by atoms with Crippen molar-refractivity contribution in [3.05, 3.63) is 123 Å². The van der Waals surface area contributed by atoms with Gasteiger partial charge in [-0.1, -0.05) is 42.2 Å². The Morgan fingerprint density at radius 2 is 1.83 bits per heavy atom. The predicted octanol–water partition coefficient (Wildman–Crippen LogP) is 3.84. The van der Waals surface area contributed by atoms with Crippen molar-refractivity contribution in [2.75, 3.05) is 32.8 Å². The minimum atomic E-state index is -0.535. The largest absolute Gasteiger partial charge is 0.379 e. The summed E-state index contributed by atoms with van der Waals surface area (Å²) < 4.78 is 10.6. The number of carbonyl (C=O) groups is 1. The average Bonchev–Trinajstić information content (AvgIpc) is 3.64. The number of nitrogens with zero attached hydrogens (tertiary/aromatic N) is 7. The van der Waals surface area contributed by atoms with E-state index in [9.17, 15) is 9.59 Å². The summed E-state index contributed by atoms with van der Waals surface area (Å²) in [6.45, 7) is 7.91. The minimum Gasteiger partial charge on any atom is -0.379 e. The van der Waals surface area contributed by atoms with Crippen molar-refractivity contribution in [3.8, 4) is 17.5 Å². The number of amides is 1. The Bertz CT molecular complexity index is 2250. The molecule has 0 saturated carbocycles. The quantitative estimate of drug-likeness (QED) is 0.264. The van der Waals surface area contributed by atoms with Gasteiger partial charge in [-0.3, -0.25) is 23.7 Å². The molecule has 5 heterocycles. The van der Waals surface area contributed by atoms with E-state index in [1.807, 2.05) is 73.3 Å². The van der Waals surface area contributed by atoms with Crippen LogP contribution >= 0.6 is 0 Å². The molecular weight excluding hydrogens is 604 g/mol. The van der Waals surface area contributed by atoms with Crippen LogP contribution in [-0.2, 0) is 18.2 Å². The van der Waals surface area contributed by atoms with Crippen molar-refractivity contribution >= 4 is 22.3 Å². The lowest BCUT2D eigenvalue weighted by molar-refractivity contribution is 0.0382. The standard InChI is InChI=1S/C37H36N8O3/c1-25(40-36(46)33-26(2)41-44-17-8-16-38-35(33)44)32-23-28-10-7-9-27(34(28)37(47)45(32)30-11-5-4-6-12-30)13-14-29-24-39-42(3)31(29)15-18-43-19-21-48-22-20-43/h4-12,16-17,23-25H,15,18-22H2,1-3H3,(H,40,46). The zero-order valence-corrected chi connectivity index (χ0v) is 27.2. The van der Waals surface area contributed by atoms with E-state index in [1.165, 1.54) is 0 Å². The number of aromatic nitrogens is 6. The molecule has 1 amide bonds. The maximum absolute atomic E-state index is 14.5. The molecule has 0 aliphatic carbocycles. The van der Waals surface area contributed by atoms with Gasteiger partial charge in [0.15, 0.2) is 5.65 Å². The van der Waals surface area contributed by atoms with Gasteiger partial charge in [0.25, 0.3) is 11.5 Å². The lowest BCUT2D eigenvalue weighted by Gasteiger charge is -2.26. The van der Waals surface area contributed by atoms with E-state index in [0.717, 1.165) is 55.9 Å². The summed E-state index contributed by atoms with van der Waals surface area (Å²) in [6.07, 6.45) is 5.99. The minimum absolute atomic E-state index is 0.216. The maximum atomic E-state index is 14.5. The molecule has 0 radical (unpaired) electrons. The molecule has 1 aliphatic heterocycles. The van der Waals surface area contributed by atoms with Crippen molar-refractivity contribution in [2.24, 2.45) is 7.05 Å². The first-order valence-corrected chi connectivity index (χ1v) is 16.1. The third-order valence-corrected chi connectivity index (χ3v) is 8.84. The van der Waals surface area contributed by atoms with Gasteiger partial charge in [0, 0.05) is 62.4 Å². The second-order valence-corrected chi connectivity index (χ2v) is 11.9. The smallest absolute Gasteiger partial charge is 0.264 e. The highest BCUT2D eigenvalue weighted by atomic mass is 16.5. The first kappa shape index (κ1) is 31.1. The van der Waals surface area contributed by atoms with Crippen molar-refractivity contribution in [1.29, 1.82) is 0 Å². The number of nitrogens with one attached hydrogen (secondary N) is 1. The molecule has 4 aromatic heterocycles. The number of benzene rings is 2. The van der Waals surface area contributed by atoms with Crippen molar-refractivity contribution in [2.45, 2.75) is 26.3 Å². The molecule has 1 fully saturated rings. The second kappa shape index (κ2) is 13.3. The van der Waals surface area contributed by atoms with Gasteiger partial charge in [-0.25, -0.2) is 9.50 Å². The molecule has 48 heavy (non-hydrogen) atoms. The Kier molecular flexibility index (Phi) is 8.59. The van der Waals surface area contributed by atoms with Crippen LogP contribution in [0.2, 0.25) is 0 Å². The predicted molar refractivity (Wildman–Crippen MR) is 183 cm³/mol. The van der Waals surface area contributed by atoms with Gasteiger partial charge in [-0.05, 0) is 49.6 Å². The number of pyridine rings is 1. The monoisotopic (exact) mass is 640 g/mol. The summed E-state index contributed by atoms with van der Waals surface area (Å²) in [6, 6.07) is 18.3. The zero-order chi connectivity index (χ0) is 33.2. The van der Waals surface area contributed by atoms with Crippen LogP contribution in [0.25, 0.3) is 22.1 Å². The number of rotatable bonds is 7. The van der Waals surface area contributed by atoms with E-state index >= 15 is 0 Å². The van der Waals surface area contributed by atoms with E-state index < -0.39 is 6.04 Å². The van der Waals surface area contributed by atoms with Crippen LogP contribution in [0.15, 0.2) is 84.0 Å². The molecule has 242 valence electrons. The number of morpholine rings is 1. The van der Waals surface area contributed by atoms with E-state index in [4.69, 9.17) is 4.74 Å². The molecular formula is C37H36N8O3. The van der Waals surface area contributed by atoms with E-state index in [1.54, 1.807) is 40.7 Å². The Labute approximate surface area is 277 Å². The molecule has 1 saturated heterocycles. The van der Waals surface area contributed by atoms with Crippen LogP contribution in [0.4, 0.5) is 0 Å². The molecule has 0 spiro atoms. The molecule has 2 aromatic carbocycles. The molecule has 1 N–H and O–H groups in total. The van der Waals surface area contributed by atoms with Gasteiger partial charge in [-0.15, -0.1) is 0 Å². The van der Waals surface area contributed by atoms with Crippen LogP contribution in [0, 0.1) is 18.8 Å². The summed E-state index contributed by atoms with van der Waals surface area (Å²) in [7, 11) is 1.94.